The molecule has 4 rings (SSSR count). The van der Waals surface area contributed by atoms with Crippen LogP contribution in [0.2, 0.25) is 0 Å². The van der Waals surface area contributed by atoms with E-state index in [2.05, 4.69) is 68.7 Å². The van der Waals surface area contributed by atoms with Crippen molar-refractivity contribution in [3.05, 3.63) is 54.0 Å². The molecule has 0 bridgehead atoms. The normalized spacial score (nSPS) is 11.4. The summed E-state index contributed by atoms with van der Waals surface area (Å²) in [5, 5.41) is 11.3. The first-order valence-corrected chi connectivity index (χ1v) is 9.18. The van der Waals surface area contributed by atoms with Crippen molar-refractivity contribution in [1.82, 2.24) is 25.1 Å². The Labute approximate surface area is 155 Å². The van der Waals surface area contributed by atoms with Crippen molar-refractivity contribution in [3.8, 4) is 11.1 Å². The van der Waals surface area contributed by atoms with E-state index < -0.39 is 0 Å². The van der Waals surface area contributed by atoms with Gasteiger partial charge in [0, 0.05) is 24.0 Å². The molecule has 3 aromatic heterocycles. The summed E-state index contributed by atoms with van der Waals surface area (Å²) < 4.78 is 1.13. The van der Waals surface area contributed by atoms with Crippen LogP contribution in [-0.2, 0) is 6.54 Å². The number of nitrogens with one attached hydrogen (secondary N) is 2. The number of hydrogen-bond donors (Lipinski definition) is 2. The average molecular weight is 364 g/mol. The number of aryl methyl sites for hydroxylation is 1. The minimum absolute atomic E-state index is 0.814. The highest BCUT2D eigenvalue weighted by molar-refractivity contribution is 7.22. The van der Waals surface area contributed by atoms with Gasteiger partial charge in [-0.1, -0.05) is 17.4 Å². The molecule has 0 spiro atoms. The van der Waals surface area contributed by atoms with Crippen LogP contribution in [-0.4, -0.2) is 39.2 Å². The Morgan fingerprint density at radius 3 is 2.85 bits per heavy atom. The van der Waals surface area contributed by atoms with Crippen LogP contribution in [0, 0.1) is 6.92 Å². The van der Waals surface area contributed by atoms with Crippen molar-refractivity contribution in [1.29, 1.82) is 0 Å². The monoisotopic (exact) mass is 364 g/mol. The number of rotatable bonds is 5. The minimum Gasteiger partial charge on any atom is -0.316 e. The molecule has 132 valence electrons. The highest BCUT2D eigenvalue weighted by atomic mass is 32.1. The van der Waals surface area contributed by atoms with E-state index in [1.54, 1.807) is 11.3 Å². The fraction of sp³-hybridized carbons (Fsp3) is 0.211. The molecule has 0 saturated carbocycles. The van der Waals surface area contributed by atoms with Gasteiger partial charge in [-0.15, -0.1) is 0 Å². The molecule has 6 nitrogen and oxygen atoms in total. The third-order valence-electron chi connectivity index (χ3n) is 4.09. The Bertz CT molecular complexity index is 1050. The number of aromatic amines is 1. The van der Waals surface area contributed by atoms with Crippen molar-refractivity contribution in [2.24, 2.45) is 0 Å². The first kappa shape index (κ1) is 16.7. The van der Waals surface area contributed by atoms with Gasteiger partial charge in [0.05, 0.1) is 16.4 Å². The first-order valence-electron chi connectivity index (χ1n) is 8.36. The molecule has 0 aliphatic rings. The standard InChI is InChI=1S/C19H20N6S/c1-12-15(10-21-24-12)14-4-5-16-17(9-14)26-19(22-16)23-18-8-13(6-7-20-18)11-25(2)3/h4-10H,11H2,1-3H3,(H,21,24)(H,20,22,23). The number of pyridine rings is 1. The van der Waals surface area contributed by atoms with E-state index in [4.69, 9.17) is 0 Å². The number of anilines is 2. The second kappa shape index (κ2) is 6.86. The van der Waals surface area contributed by atoms with Crippen molar-refractivity contribution in [2.45, 2.75) is 13.5 Å². The van der Waals surface area contributed by atoms with Gasteiger partial charge in [0.2, 0.25) is 0 Å². The van der Waals surface area contributed by atoms with E-state index in [9.17, 15) is 0 Å². The lowest BCUT2D eigenvalue weighted by Gasteiger charge is -2.10. The number of fused-ring (bicyclic) bond motifs is 1. The predicted octanol–water partition coefficient (Wildman–Crippen LogP) is 4.20. The molecule has 3 heterocycles. The minimum atomic E-state index is 0.814. The van der Waals surface area contributed by atoms with Gasteiger partial charge in [-0.05, 0) is 56.4 Å². The van der Waals surface area contributed by atoms with Crippen LogP contribution in [0.25, 0.3) is 21.3 Å². The van der Waals surface area contributed by atoms with E-state index >= 15 is 0 Å². The highest BCUT2D eigenvalue weighted by Gasteiger charge is 2.09. The average Bonchev–Trinajstić information content (AvgIpc) is 3.19. The van der Waals surface area contributed by atoms with Crippen LogP contribution in [0.3, 0.4) is 0 Å². The van der Waals surface area contributed by atoms with Crippen LogP contribution in [0.15, 0.2) is 42.7 Å². The number of thiazole rings is 1. The molecule has 1 aromatic carbocycles. The summed E-state index contributed by atoms with van der Waals surface area (Å²) in [5.74, 6) is 0.814. The summed E-state index contributed by atoms with van der Waals surface area (Å²) in [5.41, 5.74) is 5.52. The Morgan fingerprint density at radius 1 is 1.19 bits per heavy atom. The molecule has 2 N–H and O–H groups in total. The van der Waals surface area contributed by atoms with Crippen LogP contribution >= 0.6 is 11.3 Å². The molecule has 0 aliphatic carbocycles. The molecule has 0 atom stereocenters. The van der Waals surface area contributed by atoms with E-state index in [1.807, 2.05) is 25.4 Å². The lowest BCUT2D eigenvalue weighted by atomic mass is 10.1. The first-order chi connectivity index (χ1) is 12.6. The zero-order valence-corrected chi connectivity index (χ0v) is 15.8. The van der Waals surface area contributed by atoms with Gasteiger partial charge >= 0.3 is 0 Å². The number of nitrogens with zero attached hydrogens (tertiary/aromatic N) is 4. The van der Waals surface area contributed by atoms with Gasteiger partial charge < -0.3 is 10.2 Å². The number of aromatic nitrogens is 4. The second-order valence-corrected chi connectivity index (χ2v) is 7.55. The van der Waals surface area contributed by atoms with Gasteiger partial charge in [0.25, 0.3) is 0 Å². The summed E-state index contributed by atoms with van der Waals surface area (Å²) in [6, 6.07) is 10.4. The zero-order valence-electron chi connectivity index (χ0n) is 14.9. The molecule has 26 heavy (non-hydrogen) atoms. The molecule has 0 saturated heterocycles. The maximum absolute atomic E-state index is 4.68. The topological polar surface area (TPSA) is 69.7 Å². The van der Waals surface area contributed by atoms with Crippen LogP contribution in [0.4, 0.5) is 10.9 Å². The molecule has 4 aromatic rings. The third kappa shape index (κ3) is 3.44. The Kier molecular flexibility index (Phi) is 4.40. The second-order valence-electron chi connectivity index (χ2n) is 6.52. The lowest BCUT2D eigenvalue weighted by Crippen LogP contribution is -2.10. The fourth-order valence-corrected chi connectivity index (χ4v) is 3.82. The Balaban J connectivity index is 1.61. The molecular formula is C19H20N6S. The third-order valence-corrected chi connectivity index (χ3v) is 5.02. The van der Waals surface area contributed by atoms with Gasteiger partial charge in [0.15, 0.2) is 5.13 Å². The van der Waals surface area contributed by atoms with E-state index in [1.165, 1.54) is 5.56 Å². The number of H-pyrrole nitrogens is 1. The molecule has 0 amide bonds. The summed E-state index contributed by atoms with van der Waals surface area (Å²) in [7, 11) is 4.11. The Morgan fingerprint density at radius 2 is 2.08 bits per heavy atom. The van der Waals surface area contributed by atoms with Crippen LogP contribution in [0.1, 0.15) is 11.3 Å². The molecule has 0 unspecified atom stereocenters. The van der Waals surface area contributed by atoms with Crippen LogP contribution in [0.5, 0.6) is 0 Å². The van der Waals surface area contributed by atoms with Gasteiger partial charge in [0.1, 0.15) is 5.82 Å². The lowest BCUT2D eigenvalue weighted by molar-refractivity contribution is 0.402. The van der Waals surface area contributed by atoms with Gasteiger partial charge in [-0.2, -0.15) is 5.10 Å². The number of hydrogen-bond acceptors (Lipinski definition) is 6. The van der Waals surface area contributed by atoms with Crippen molar-refractivity contribution >= 4 is 32.5 Å². The maximum atomic E-state index is 4.68. The molecule has 0 radical (unpaired) electrons. The summed E-state index contributed by atoms with van der Waals surface area (Å²) in [6.07, 6.45) is 3.69. The van der Waals surface area contributed by atoms with Crippen LogP contribution < -0.4 is 5.32 Å². The number of benzene rings is 1. The molecular weight excluding hydrogens is 344 g/mol. The van der Waals surface area contributed by atoms with Gasteiger partial charge in [-0.25, -0.2) is 9.97 Å². The smallest absolute Gasteiger partial charge is 0.189 e. The van der Waals surface area contributed by atoms with E-state index in [0.717, 1.165) is 44.5 Å². The SMILES string of the molecule is Cc1[nH]ncc1-c1ccc2nc(Nc3cc(CN(C)C)ccn3)sc2c1. The van der Waals surface area contributed by atoms with E-state index in [0.29, 0.717) is 0 Å². The summed E-state index contributed by atoms with van der Waals surface area (Å²) in [4.78, 5) is 11.2. The zero-order chi connectivity index (χ0) is 18.1. The largest absolute Gasteiger partial charge is 0.316 e. The fourth-order valence-electron chi connectivity index (χ4n) is 2.90. The maximum Gasteiger partial charge on any atom is 0.189 e. The van der Waals surface area contributed by atoms with E-state index in [-0.39, 0.29) is 0 Å². The quantitative estimate of drug-likeness (QED) is 0.555. The molecule has 7 heteroatoms. The summed E-state index contributed by atoms with van der Waals surface area (Å²) >= 11 is 1.63. The van der Waals surface area contributed by atoms with Crippen molar-refractivity contribution in [2.75, 3.05) is 19.4 Å². The molecule has 0 aliphatic heterocycles. The predicted molar refractivity (Wildman–Crippen MR) is 107 cm³/mol. The highest BCUT2D eigenvalue weighted by Crippen LogP contribution is 2.32. The van der Waals surface area contributed by atoms with Crippen molar-refractivity contribution < 1.29 is 0 Å². The van der Waals surface area contributed by atoms with Crippen molar-refractivity contribution in [3.63, 3.8) is 0 Å². The van der Waals surface area contributed by atoms with Gasteiger partial charge in [-0.3, -0.25) is 5.10 Å². The molecule has 0 fully saturated rings. The summed E-state index contributed by atoms with van der Waals surface area (Å²) in [6.45, 7) is 2.91. The Hall–Kier alpha value is -2.77.